The fraction of sp³-hybridized carbons (Fsp3) is 0.909. The van der Waals surface area contributed by atoms with Crippen LogP contribution in [-0.4, -0.2) is 41.4 Å². The van der Waals surface area contributed by atoms with Crippen molar-refractivity contribution in [1.29, 1.82) is 0 Å². The van der Waals surface area contributed by atoms with Crippen molar-refractivity contribution < 1.29 is 15.0 Å². The number of hydrogen-bond acceptors (Lipinski definition) is 4. The topological polar surface area (TPSA) is 95.6 Å². The molecule has 1 amide bonds. The summed E-state index contributed by atoms with van der Waals surface area (Å²) in [7, 11) is 0. The summed E-state index contributed by atoms with van der Waals surface area (Å²) in [6, 6.07) is 0. The number of aliphatic hydroxyl groups is 2. The predicted octanol–water partition coefficient (Wildman–Crippen LogP) is -0.779. The van der Waals surface area contributed by atoms with E-state index in [2.05, 4.69) is 5.32 Å². The van der Waals surface area contributed by atoms with Crippen molar-refractivity contribution in [2.75, 3.05) is 19.8 Å². The van der Waals surface area contributed by atoms with Crippen molar-refractivity contribution in [3.05, 3.63) is 0 Å². The molecule has 0 aromatic heterocycles. The second-order valence-corrected chi connectivity index (χ2v) is 4.90. The zero-order chi connectivity index (χ0) is 12.2. The quantitative estimate of drug-likeness (QED) is 0.498. The summed E-state index contributed by atoms with van der Waals surface area (Å²) in [4.78, 5) is 12.0. The molecule has 0 radical (unpaired) electrons. The van der Waals surface area contributed by atoms with E-state index in [1.165, 1.54) is 0 Å². The Bertz CT molecular complexity index is 241. The molecule has 1 fully saturated rings. The molecular formula is C11H22N2O3. The summed E-state index contributed by atoms with van der Waals surface area (Å²) in [6.07, 6.45) is 2.86. The van der Waals surface area contributed by atoms with Crippen LogP contribution in [0.2, 0.25) is 0 Å². The van der Waals surface area contributed by atoms with Crippen LogP contribution in [0.4, 0.5) is 0 Å². The van der Waals surface area contributed by atoms with E-state index in [0.717, 1.165) is 19.3 Å². The van der Waals surface area contributed by atoms with Crippen LogP contribution in [-0.2, 0) is 4.79 Å². The smallest absolute Gasteiger partial charge is 0.224 e. The standard InChI is InChI=1S/C11H22N2O3/c1-11(6-14,7-15)13-10(16)9-4-2-3-8(9)5-12/h8-9,14-15H,2-7,12H2,1H3,(H,13,16). The normalized spacial score (nSPS) is 25.8. The monoisotopic (exact) mass is 230 g/mol. The van der Waals surface area contributed by atoms with E-state index in [1.54, 1.807) is 6.92 Å². The van der Waals surface area contributed by atoms with Crippen molar-refractivity contribution in [2.45, 2.75) is 31.7 Å². The molecule has 1 aliphatic carbocycles. The molecule has 5 heteroatoms. The summed E-state index contributed by atoms with van der Waals surface area (Å²) in [5.74, 6) is 0.0719. The molecule has 0 bridgehead atoms. The van der Waals surface area contributed by atoms with Crippen molar-refractivity contribution in [3.63, 3.8) is 0 Å². The number of nitrogens with two attached hydrogens (primary N) is 1. The Morgan fingerprint density at radius 1 is 1.44 bits per heavy atom. The van der Waals surface area contributed by atoms with Gasteiger partial charge in [0, 0.05) is 5.92 Å². The van der Waals surface area contributed by atoms with Gasteiger partial charge < -0.3 is 21.3 Å². The average Bonchev–Trinajstić information content (AvgIpc) is 2.76. The second kappa shape index (κ2) is 5.61. The lowest BCUT2D eigenvalue weighted by Crippen LogP contribution is -2.54. The summed E-state index contributed by atoms with van der Waals surface area (Å²) in [6.45, 7) is 1.61. The predicted molar refractivity (Wildman–Crippen MR) is 60.6 cm³/mol. The first kappa shape index (κ1) is 13.4. The molecule has 0 heterocycles. The third-order valence-corrected chi connectivity index (χ3v) is 3.42. The molecular weight excluding hydrogens is 208 g/mol. The van der Waals surface area contributed by atoms with Crippen LogP contribution < -0.4 is 11.1 Å². The van der Waals surface area contributed by atoms with E-state index in [0.29, 0.717) is 6.54 Å². The molecule has 2 unspecified atom stereocenters. The zero-order valence-electron chi connectivity index (χ0n) is 9.78. The molecule has 2 atom stereocenters. The molecule has 1 aliphatic rings. The van der Waals surface area contributed by atoms with E-state index in [-0.39, 0.29) is 31.0 Å². The van der Waals surface area contributed by atoms with Gasteiger partial charge in [0.05, 0.1) is 18.8 Å². The number of carbonyl (C=O) groups is 1. The number of rotatable bonds is 5. The van der Waals surface area contributed by atoms with Gasteiger partial charge in [-0.25, -0.2) is 0 Å². The molecule has 0 aromatic rings. The Kier molecular flexibility index (Phi) is 4.70. The van der Waals surface area contributed by atoms with Gasteiger partial charge in [-0.3, -0.25) is 4.79 Å². The van der Waals surface area contributed by atoms with Gasteiger partial charge in [0.15, 0.2) is 0 Å². The van der Waals surface area contributed by atoms with Gasteiger partial charge in [-0.1, -0.05) is 6.42 Å². The fourth-order valence-corrected chi connectivity index (χ4v) is 2.18. The van der Waals surface area contributed by atoms with Crippen LogP contribution in [0.5, 0.6) is 0 Å². The van der Waals surface area contributed by atoms with Crippen LogP contribution in [0.15, 0.2) is 0 Å². The Balaban J connectivity index is 2.57. The zero-order valence-corrected chi connectivity index (χ0v) is 9.78. The minimum absolute atomic E-state index is 0.0672. The minimum atomic E-state index is -0.932. The third-order valence-electron chi connectivity index (χ3n) is 3.42. The molecule has 94 valence electrons. The van der Waals surface area contributed by atoms with Crippen molar-refractivity contribution >= 4 is 5.91 Å². The Labute approximate surface area is 96.0 Å². The van der Waals surface area contributed by atoms with Crippen molar-refractivity contribution in [3.8, 4) is 0 Å². The van der Waals surface area contributed by atoms with Gasteiger partial charge in [0.2, 0.25) is 5.91 Å². The maximum atomic E-state index is 12.0. The van der Waals surface area contributed by atoms with Crippen LogP contribution >= 0.6 is 0 Å². The van der Waals surface area contributed by atoms with E-state index in [1.807, 2.05) is 0 Å². The summed E-state index contributed by atoms with van der Waals surface area (Å²) < 4.78 is 0. The van der Waals surface area contributed by atoms with Gasteiger partial charge in [-0.05, 0) is 32.2 Å². The van der Waals surface area contributed by atoms with Gasteiger partial charge in [0.25, 0.3) is 0 Å². The third kappa shape index (κ3) is 2.93. The highest BCUT2D eigenvalue weighted by molar-refractivity contribution is 5.80. The first-order chi connectivity index (χ1) is 7.56. The van der Waals surface area contributed by atoms with Crippen LogP contribution in [0.3, 0.4) is 0 Å². The number of hydrogen-bond donors (Lipinski definition) is 4. The number of nitrogens with one attached hydrogen (secondary N) is 1. The fourth-order valence-electron chi connectivity index (χ4n) is 2.18. The molecule has 5 nitrogen and oxygen atoms in total. The van der Waals surface area contributed by atoms with Crippen LogP contribution in [0.1, 0.15) is 26.2 Å². The highest BCUT2D eigenvalue weighted by Gasteiger charge is 2.35. The minimum Gasteiger partial charge on any atom is -0.394 e. The molecule has 0 aromatic carbocycles. The van der Waals surface area contributed by atoms with Crippen LogP contribution in [0, 0.1) is 11.8 Å². The average molecular weight is 230 g/mol. The molecule has 0 saturated heterocycles. The van der Waals surface area contributed by atoms with Gasteiger partial charge in [0.1, 0.15) is 0 Å². The summed E-state index contributed by atoms with van der Waals surface area (Å²) >= 11 is 0. The maximum absolute atomic E-state index is 12.0. The Morgan fingerprint density at radius 3 is 2.56 bits per heavy atom. The molecule has 5 N–H and O–H groups in total. The second-order valence-electron chi connectivity index (χ2n) is 4.90. The van der Waals surface area contributed by atoms with E-state index < -0.39 is 5.54 Å². The Morgan fingerprint density at radius 2 is 2.06 bits per heavy atom. The lowest BCUT2D eigenvalue weighted by atomic mass is 9.93. The van der Waals surface area contributed by atoms with Crippen molar-refractivity contribution in [2.24, 2.45) is 17.6 Å². The molecule has 16 heavy (non-hydrogen) atoms. The maximum Gasteiger partial charge on any atom is 0.224 e. The Hall–Kier alpha value is -0.650. The van der Waals surface area contributed by atoms with Crippen LogP contribution in [0.25, 0.3) is 0 Å². The highest BCUT2D eigenvalue weighted by atomic mass is 16.3. The first-order valence-electron chi connectivity index (χ1n) is 5.80. The molecule has 1 rings (SSSR count). The van der Waals surface area contributed by atoms with E-state index >= 15 is 0 Å². The largest absolute Gasteiger partial charge is 0.394 e. The van der Waals surface area contributed by atoms with Crippen molar-refractivity contribution in [1.82, 2.24) is 5.32 Å². The molecule has 0 spiro atoms. The van der Waals surface area contributed by atoms with Gasteiger partial charge in [-0.15, -0.1) is 0 Å². The lowest BCUT2D eigenvalue weighted by Gasteiger charge is -2.29. The van der Waals surface area contributed by atoms with E-state index in [4.69, 9.17) is 15.9 Å². The molecule has 0 aliphatic heterocycles. The number of amides is 1. The number of carbonyl (C=O) groups excluding carboxylic acids is 1. The van der Waals surface area contributed by atoms with E-state index in [9.17, 15) is 4.79 Å². The number of aliphatic hydroxyl groups excluding tert-OH is 2. The lowest BCUT2D eigenvalue weighted by molar-refractivity contribution is -0.129. The summed E-state index contributed by atoms with van der Waals surface area (Å²) in [5.41, 5.74) is 4.68. The first-order valence-corrected chi connectivity index (χ1v) is 5.80. The van der Waals surface area contributed by atoms with Gasteiger partial charge in [-0.2, -0.15) is 0 Å². The summed E-state index contributed by atoms with van der Waals surface area (Å²) in [5, 5.41) is 20.9. The highest BCUT2D eigenvalue weighted by Crippen LogP contribution is 2.31. The SMILES string of the molecule is CC(CO)(CO)NC(=O)C1CCCC1CN. The van der Waals surface area contributed by atoms with Gasteiger partial charge >= 0.3 is 0 Å². The molecule has 1 saturated carbocycles.